The van der Waals surface area contributed by atoms with Crippen molar-refractivity contribution in [1.82, 2.24) is 20.9 Å². The fourth-order valence-corrected chi connectivity index (χ4v) is 4.50. The lowest BCUT2D eigenvalue weighted by molar-refractivity contribution is -0.137. The normalized spacial score (nSPS) is 27.0. The molecule has 1 saturated carbocycles. The lowest BCUT2D eigenvalue weighted by Gasteiger charge is -2.36. The number of imide groups is 1. The molecule has 1 saturated heterocycles. The summed E-state index contributed by atoms with van der Waals surface area (Å²) in [5, 5.41) is 9.00. The maximum absolute atomic E-state index is 12.9. The Bertz CT molecular complexity index is 793. The fraction of sp³-hybridized carbons (Fsp3) is 0.550. The summed E-state index contributed by atoms with van der Waals surface area (Å²) in [6.45, 7) is 3.89. The van der Waals surface area contributed by atoms with Gasteiger partial charge >= 0.3 is 6.03 Å². The topological polar surface area (TPSA) is 90.5 Å². The summed E-state index contributed by atoms with van der Waals surface area (Å²) in [4.78, 5) is 38.7. The number of amides is 4. The monoisotopic (exact) mass is 370 g/mol. The van der Waals surface area contributed by atoms with Gasteiger partial charge in [0.15, 0.2) is 0 Å². The molecule has 1 aromatic rings. The number of urea groups is 1. The second kappa shape index (κ2) is 6.96. The average Bonchev–Trinajstić information content (AvgIpc) is 3.21. The number of hydrogen-bond donors (Lipinski definition) is 3. The van der Waals surface area contributed by atoms with E-state index in [0.29, 0.717) is 13.0 Å². The highest BCUT2D eigenvalue weighted by molar-refractivity contribution is 6.09. The number of carbonyl (C=O) groups is 3. The van der Waals surface area contributed by atoms with E-state index in [2.05, 4.69) is 28.1 Å². The van der Waals surface area contributed by atoms with Crippen LogP contribution in [0.4, 0.5) is 4.79 Å². The van der Waals surface area contributed by atoms with Gasteiger partial charge < -0.3 is 16.0 Å². The van der Waals surface area contributed by atoms with E-state index in [1.165, 1.54) is 11.1 Å². The van der Waals surface area contributed by atoms with Gasteiger partial charge in [0.2, 0.25) is 5.91 Å². The van der Waals surface area contributed by atoms with Crippen molar-refractivity contribution >= 4 is 17.8 Å². The smallest absolute Gasteiger partial charge is 0.325 e. The Balaban J connectivity index is 1.36. The molecular formula is C20H26N4O3. The van der Waals surface area contributed by atoms with Gasteiger partial charge in [-0.2, -0.15) is 0 Å². The molecule has 27 heavy (non-hydrogen) atoms. The van der Waals surface area contributed by atoms with E-state index < -0.39 is 11.6 Å². The second-order valence-corrected chi connectivity index (χ2v) is 7.92. The van der Waals surface area contributed by atoms with Gasteiger partial charge in [-0.25, -0.2) is 4.79 Å². The zero-order chi connectivity index (χ0) is 19.0. The Kier molecular flexibility index (Phi) is 4.63. The number of hydrogen-bond acceptors (Lipinski definition) is 4. The van der Waals surface area contributed by atoms with Crippen molar-refractivity contribution in [3.63, 3.8) is 0 Å². The summed E-state index contributed by atoms with van der Waals surface area (Å²) >= 11 is 0. The molecular weight excluding hydrogens is 344 g/mol. The van der Waals surface area contributed by atoms with Gasteiger partial charge in [0.05, 0.1) is 0 Å². The van der Waals surface area contributed by atoms with Crippen LogP contribution in [0, 0.1) is 5.92 Å². The third-order valence-electron chi connectivity index (χ3n) is 6.19. The van der Waals surface area contributed by atoms with Crippen LogP contribution in [-0.2, 0) is 29.2 Å². The molecule has 0 radical (unpaired) electrons. The third-order valence-corrected chi connectivity index (χ3v) is 6.19. The zero-order valence-corrected chi connectivity index (χ0v) is 15.6. The zero-order valence-electron chi connectivity index (χ0n) is 15.6. The molecule has 2 heterocycles. The van der Waals surface area contributed by atoms with Crippen LogP contribution in [0.2, 0.25) is 0 Å². The molecule has 7 nitrogen and oxygen atoms in total. The maximum Gasteiger partial charge on any atom is 0.325 e. The van der Waals surface area contributed by atoms with Gasteiger partial charge in [0, 0.05) is 19.6 Å². The predicted octanol–water partition coefficient (Wildman–Crippen LogP) is 1.41. The molecule has 0 bridgehead atoms. The van der Waals surface area contributed by atoms with E-state index in [-0.39, 0.29) is 24.3 Å². The van der Waals surface area contributed by atoms with Crippen molar-refractivity contribution in [2.24, 2.45) is 5.92 Å². The second-order valence-electron chi connectivity index (χ2n) is 7.92. The Morgan fingerprint density at radius 2 is 2.07 bits per heavy atom. The minimum atomic E-state index is -0.817. The van der Waals surface area contributed by atoms with E-state index in [1.807, 2.05) is 13.0 Å². The molecule has 1 aliphatic carbocycles. The Hall–Kier alpha value is -2.41. The van der Waals surface area contributed by atoms with Crippen LogP contribution < -0.4 is 16.0 Å². The third kappa shape index (κ3) is 3.20. The van der Waals surface area contributed by atoms with Crippen molar-refractivity contribution in [1.29, 1.82) is 0 Å². The molecule has 1 spiro atoms. The largest absolute Gasteiger partial charge is 0.350 e. The average molecular weight is 370 g/mol. The van der Waals surface area contributed by atoms with Gasteiger partial charge in [-0.3, -0.25) is 14.5 Å². The molecule has 144 valence electrons. The number of benzene rings is 1. The number of fused-ring (bicyclic) bond motifs is 1. The number of nitrogens with zero attached hydrogens (tertiary/aromatic N) is 1. The number of carbonyl (C=O) groups excluding carboxylic acids is 3. The molecule has 4 amide bonds. The molecule has 2 fully saturated rings. The lowest BCUT2D eigenvalue weighted by atomic mass is 9.73. The summed E-state index contributed by atoms with van der Waals surface area (Å²) in [6, 6.07) is 5.70. The van der Waals surface area contributed by atoms with Crippen LogP contribution in [0.25, 0.3) is 0 Å². The van der Waals surface area contributed by atoms with Crippen molar-refractivity contribution < 1.29 is 14.4 Å². The summed E-state index contributed by atoms with van der Waals surface area (Å²) in [6.07, 6.45) is 3.56. The summed E-state index contributed by atoms with van der Waals surface area (Å²) < 4.78 is 0. The first-order valence-corrected chi connectivity index (χ1v) is 9.72. The highest BCUT2D eigenvalue weighted by Crippen LogP contribution is 2.38. The first kappa shape index (κ1) is 18.0. The molecule has 4 rings (SSSR count). The van der Waals surface area contributed by atoms with Gasteiger partial charge in [0.1, 0.15) is 12.1 Å². The molecule has 0 aromatic heterocycles. The van der Waals surface area contributed by atoms with Gasteiger partial charge in [-0.1, -0.05) is 38.0 Å². The van der Waals surface area contributed by atoms with E-state index in [1.54, 1.807) is 0 Å². The molecule has 2 unspecified atom stereocenters. The van der Waals surface area contributed by atoms with Crippen LogP contribution in [-0.4, -0.2) is 34.8 Å². The van der Waals surface area contributed by atoms with E-state index in [4.69, 9.17) is 0 Å². The van der Waals surface area contributed by atoms with Crippen LogP contribution in [0.3, 0.4) is 0 Å². The predicted molar refractivity (Wildman–Crippen MR) is 99.4 cm³/mol. The van der Waals surface area contributed by atoms with Crippen molar-refractivity contribution in [3.05, 3.63) is 34.9 Å². The molecule has 3 aliphatic rings. The van der Waals surface area contributed by atoms with E-state index in [0.717, 1.165) is 42.8 Å². The minimum absolute atomic E-state index is 0.0933. The standard InChI is InChI=1S/C20H26N4O3/c1-13-4-2-3-7-20(13)18(26)24(19(27)23-20)12-17(25)22-9-14-5-6-15-10-21-11-16(15)8-14/h5-6,8,13,21H,2-4,7,9-12H2,1H3,(H,22,25)(H,23,27). The molecule has 2 atom stereocenters. The van der Waals surface area contributed by atoms with Crippen molar-refractivity contribution in [2.75, 3.05) is 6.54 Å². The van der Waals surface area contributed by atoms with E-state index >= 15 is 0 Å². The van der Waals surface area contributed by atoms with Gasteiger partial charge in [0.25, 0.3) is 5.91 Å². The summed E-state index contributed by atoms with van der Waals surface area (Å²) in [7, 11) is 0. The van der Waals surface area contributed by atoms with Crippen LogP contribution in [0.5, 0.6) is 0 Å². The van der Waals surface area contributed by atoms with Crippen LogP contribution in [0.1, 0.15) is 49.3 Å². The van der Waals surface area contributed by atoms with Crippen LogP contribution >= 0.6 is 0 Å². The highest BCUT2D eigenvalue weighted by atomic mass is 16.2. The molecule has 1 aromatic carbocycles. The first-order valence-electron chi connectivity index (χ1n) is 9.72. The van der Waals surface area contributed by atoms with Crippen molar-refractivity contribution in [3.8, 4) is 0 Å². The number of rotatable bonds is 4. The molecule has 2 aliphatic heterocycles. The van der Waals surface area contributed by atoms with Gasteiger partial charge in [-0.05, 0) is 35.4 Å². The highest BCUT2D eigenvalue weighted by Gasteiger charge is 2.55. The van der Waals surface area contributed by atoms with E-state index in [9.17, 15) is 14.4 Å². The van der Waals surface area contributed by atoms with Crippen molar-refractivity contribution in [2.45, 2.75) is 57.8 Å². The molecule has 3 N–H and O–H groups in total. The maximum atomic E-state index is 12.9. The SMILES string of the molecule is CC1CCCCC12NC(=O)N(CC(=O)NCc1ccc3c(c1)CNC3)C2=O. The fourth-order valence-electron chi connectivity index (χ4n) is 4.50. The lowest BCUT2D eigenvalue weighted by Crippen LogP contribution is -2.54. The minimum Gasteiger partial charge on any atom is -0.350 e. The van der Waals surface area contributed by atoms with Gasteiger partial charge in [-0.15, -0.1) is 0 Å². The first-order chi connectivity index (χ1) is 13.0. The summed E-state index contributed by atoms with van der Waals surface area (Å²) in [5.41, 5.74) is 2.74. The summed E-state index contributed by atoms with van der Waals surface area (Å²) in [5.74, 6) is -0.480. The Morgan fingerprint density at radius 1 is 1.26 bits per heavy atom. The Labute approximate surface area is 158 Å². The van der Waals surface area contributed by atoms with Crippen LogP contribution in [0.15, 0.2) is 18.2 Å². The quantitative estimate of drug-likeness (QED) is 0.699. The molecule has 7 heteroatoms. The Morgan fingerprint density at radius 3 is 2.89 bits per heavy atom. The number of nitrogens with one attached hydrogen (secondary N) is 3.